The van der Waals surface area contributed by atoms with Gasteiger partial charge in [0.15, 0.2) is 0 Å². The van der Waals surface area contributed by atoms with E-state index in [1.54, 1.807) is 0 Å². The Bertz CT molecular complexity index is 880. The minimum absolute atomic E-state index is 0.0616. The number of ether oxygens (including phenoxy) is 1. The van der Waals surface area contributed by atoms with Gasteiger partial charge in [-0.3, -0.25) is 9.59 Å². The smallest absolute Gasteiger partial charge is 0.306 e. The topological polar surface area (TPSA) is 95.9 Å². The highest BCUT2D eigenvalue weighted by molar-refractivity contribution is 5.77. The van der Waals surface area contributed by atoms with Crippen LogP contribution in [0.2, 0.25) is 0 Å². The maximum Gasteiger partial charge on any atom is 0.306 e. The summed E-state index contributed by atoms with van der Waals surface area (Å²) in [6, 6.07) is -0.704. The van der Waals surface area contributed by atoms with Crippen LogP contribution in [0.3, 0.4) is 0 Å². The Hall–Kier alpha value is -2.18. The van der Waals surface area contributed by atoms with Crippen molar-refractivity contribution >= 4 is 11.9 Å². The molecule has 3 atom stereocenters. The lowest BCUT2D eigenvalue weighted by atomic mass is 10.0. The summed E-state index contributed by atoms with van der Waals surface area (Å²) in [5.41, 5.74) is 0. The van der Waals surface area contributed by atoms with Crippen molar-refractivity contribution in [1.29, 1.82) is 0 Å². The fourth-order valence-electron chi connectivity index (χ4n) is 6.09. The normalized spacial score (nSPS) is 13.9. The first-order valence-corrected chi connectivity index (χ1v) is 20.9. The number of esters is 1. The first-order valence-electron chi connectivity index (χ1n) is 20.9. The second-order valence-corrected chi connectivity index (χ2v) is 14.1. The van der Waals surface area contributed by atoms with Crippen molar-refractivity contribution in [3.8, 4) is 0 Å². The summed E-state index contributed by atoms with van der Waals surface area (Å²) in [5.74, 6) is -0.526. The van der Waals surface area contributed by atoms with Gasteiger partial charge in [-0.25, -0.2) is 0 Å². The summed E-state index contributed by atoms with van der Waals surface area (Å²) in [4.78, 5) is 25.8. The Balaban J connectivity index is 4.61. The summed E-state index contributed by atoms with van der Waals surface area (Å²) in [6.45, 7) is 6.27. The van der Waals surface area contributed by atoms with E-state index in [0.717, 1.165) is 70.6 Å². The van der Waals surface area contributed by atoms with Crippen molar-refractivity contribution in [2.24, 2.45) is 0 Å². The van der Waals surface area contributed by atoms with E-state index in [9.17, 15) is 19.8 Å². The summed E-state index contributed by atoms with van der Waals surface area (Å²) in [7, 11) is 0. The van der Waals surface area contributed by atoms with Crippen molar-refractivity contribution in [2.45, 2.75) is 212 Å². The van der Waals surface area contributed by atoms with Crippen molar-refractivity contribution in [3.63, 3.8) is 0 Å². The zero-order valence-corrected chi connectivity index (χ0v) is 32.8. The predicted octanol–water partition coefficient (Wildman–Crippen LogP) is 11.6. The summed E-state index contributed by atoms with van der Waals surface area (Å²) < 4.78 is 5.84. The fourth-order valence-corrected chi connectivity index (χ4v) is 6.09. The van der Waals surface area contributed by atoms with Gasteiger partial charge in [-0.15, -0.1) is 0 Å². The molecule has 0 aliphatic carbocycles. The monoisotopic (exact) mass is 702 g/mol. The molecule has 0 heterocycles. The van der Waals surface area contributed by atoms with E-state index < -0.39 is 18.2 Å². The van der Waals surface area contributed by atoms with Crippen LogP contribution in [0, 0.1) is 0 Å². The van der Waals surface area contributed by atoms with Crippen LogP contribution in [0.4, 0.5) is 0 Å². The number of nitrogens with one attached hydrogen (secondary N) is 1. The van der Waals surface area contributed by atoms with Crippen LogP contribution in [0.25, 0.3) is 0 Å². The molecular formula is C44H79NO5. The second kappa shape index (κ2) is 38.1. The van der Waals surface area contributed by atoms with Crippen LogP contribution < -0.4 is 5.32 Å². The fraction of sp³-hybridized carbons (Fsp3) is 0.773. The minimum atomic E-state index is -0.789. The Morgan fingerprint density at radius 3 is 1.62 bits per heavy atom. The van der Waals surface area contributed by atoms with Gasteiger partial charge in [0, 0.05) is 6.42 Å². The summed E-state index contributed by atoms with van der Waals surface area (Å²) in [6.07, 6.45) is 43.2. The molecule has 1 amide bonds. The minimum Gasteiger partial charge on any atom is -0.462 e. The molecule has 0 radical (unpaired) electrons. The number of aliphatic hydroxyl groups excluding tert-OH is 2. The van der Waals surface area contributed by atoms with E-state index in [0.29, 0.717) is 19.3 Å². The van der Waals surface area contributed by atoms with Crippen molar-refractivity contribution in [3.05, 3.63) is 48.6 Å². The molecule has 0 aliphatic rings. The molecule has 6 nitrogen and oxygen atoms in total. The Labute approximate surface area is 308 Å². The van der Waals surface area contributed by atoms with E-state index >= 15 is 0 Å². The quantitative estimate of drug-likeness (QED) is 0.0343. The van der Waals surface area contributed by atoms with E-state index in [2.05, 4.69) is 44.3 Å². The van der Waals surface area contributed by atoms with Crippen LogP contribution in [0.5, 0.6) is 0 Å². The maximum atomic E-state index is 13.0. The molecule has 0 aliphatic heterocycles. The molecule has 0 aromatic rings. The predicted molar refractivity (Wildman–Crippen MR) is 213 cm³/mol. The molecule has 0 aromatic heterocycles. The Kier molecular flexibility index (Phi) is 36.4. The standard InChI is InChI=1S/C44H79NO5/c1-4-7-10-13-16-19-21-22-23-25-28-31-34-37-44(49)50-40(35-32-29-26-18-15-12-9-6-3)38-43(48)45-41(39-46)42(47)36-33-30-27-24-20-17-14-11-8-5-2/h7,10,13,16,19,21-23,40-42,46-47H,4-6,8-9,11-12,14-15,17-18,20,24-39H2,1-3H3,(H,45,48)/b10-7+,16-13+,21-19-,23-22-. The number of allylic oxidation sites excluding steroid dienone is 8. The van der Waals surface area contributed by atoms with Gasteiger partial charge in [0.25, 0.3) is 0 Å². The molecular weight excluding hydrogens is 622 g/mol. The van der Waals surface area contributed by atoms with Crippen molar-refractivity contribution in [1.82, 2.24) is 5.32 Å². The molecule has 3 unspecified atom stereocenters. The highest BCUT2D eigenvalue weighted by Crippen LogP contribution is 2.17. The first-order chi connectivity index (χ1) is 24.5. The van der Waals surface area contributed by atoms with Gasteiger partial charge >= 0.3 is 5.97 Å². The van der Waals surface area contributed by atoms with Crippen LogP contribution in [-0.4, -0.2) is 46.9 Å². The number of aliphatic hydroxyl groups is 2. The first kappa shape index (κ1) is 47.8. The number of hydrogen-bond acceptors (Lipinski definition) is 5. The van der Waals surface area contributed by atoms with Crippen LogP contribution in [0.1, 0.15) is 194 Å². The SMILES string of the molecule is CC/C=C/C=C/C=C\C=C/CCCCCC(=O)OC(CCCCCCCCCC)CC(=O)NC(CO)C(O)CCCCCCCCCCCC. The average Bonchev–Trinajstić information content (AvgIpc) is 3.10. The Morgan fingerprint density at radius 2 is 1.08 bits per heavy atom. The summed E-state index contributed by atoms with van der Waals surface area (Å²) in [5, 5.41) is 23.5. The third-order valence-corrected chi connectivity index (χ3v) is 9.27. The zero-order chi connectivity index (χ0) is 36.8. The molecule has 0 saturated heterocycles. The molecule has 0 spiro atoms. The second-order valence-electron chi connectivity index (χ2n) is 14.1. The van der Waals surface area contributed by atoms with Crippen LogP contribution in [-0.2, 0) is 14.3 Å². The lowest BCUT2D eigenvalue weighted by Gasteiger charge is -2.24. The largest absolute Gasteiger partial charge is 0.462 e. The van der Waals surface area contributed by atoms with Gasteiger partial charge in [-0.2, -0.15) is 0 Å². The van der Waals surface area contributed by atoms with Crippen LogP contribution in [0.15, 0.2) is 48.6 Å². The van der Waals surface area contributed by atoms with Gasteiger partial charge in [0.05, 0.1) is 25.2 Å². The molecule has 6 heteroatoms. The summed E-state index contributed by atoms with van der Waals surface area (Å²) >= 11 is 0. The molecule has 0 bridgehead atoms. The van der Waals surface area contributed by atoms with Gasteiger partial charge in [-0.05, 0) is 44.9 Å². The number of amides is 1. The molecule has 3 N–H and O–H groups in total. The molecule has 0 aromatic carbocycles. The van der Waals surface area contributed by atoms with E-state index in [4.69, 9.17) is 4.74 Å². The van der Waals surface area contributed by atoms with Gasteiger partial charge in [0.2, 0.25) is 5.91 Å². The highest BCUT2D eigenvalue weighted by Gasteiger charge is 2.24. The zero-order valence-electron chi connectivity index (χ0n) is 32.8. The lowest BCUT2D eigenvalue weighted by molar-refractivity contribution is -0.151. The average molecular weight is 702 g/mol. The van der Waals surface area contributed by atoms with E-state index in [1.807, 2.05) is 30.4 Å². The van der Waals surface area contributed by atoms with Gasteiger partial charge in [0.1, 0.15) is 6.10 Å². The highest BCUT2D eigenvalue weighted by atomic mass is 16.5. The number of carbonyl (C=O) groups is 2. The number of carbonyl (C=O) groups excluding carboxylic acids is 2. The number of hydrogen-bond donors (Lipinski definition) is 3. The number of rotatable bonds is 36. The molecule has 0 fully saturated rings. The van der Waals surface area contributed by atoms with E-state index in [1.165, 1.54) is 77.0 Å². The van der Waals surface area contributed by atoms with Crippen molar-refractivity contribution in [2.75, 3.05) is 6.61 Å². The van der Waals surface area contributed by atoms with Gasteiger partial charge < -0.3 is 20.3 Å². The molecule has 0 rings (SSSR count). The molecule has 0 saturated carbocycles. The maximum absolute atomic E-state index is 13.0. The van der Waals surface area contributed by atoms with E-state index in [-0.39, 0.29) is 24.9 Å². The third kappa shape index (κ3) is 33.0. The molecule has 290 valence electrons. The van der Waals surface area contributed by atoms with Crippen molar-refractivity contribution < 1.29 is 24.5 Å². The van der Waals surface area contributed by atoms with Gasteiger partial charge in [-0.1, -0.05) is 185 Å². The number of unbranched alkanes of at least 4 members (excludes halogenated alkanes) is 19. The third-order valence-electron chi connectivity index (χ3n) is 9.27. The molecule has 50 heavy (non-hydrogen) atoms. The Morgan fingerprint density at radius 1 is 0.600 bits per heavy atom. The lowest BCUT2D eigenvalue weighted by Crippen LogP contribution is -2.46. The van der Waals surface area contributed by atoms with Crippen LogP contribution >= 0.6 is 0 Å².